The number of Topliss-reactive ketones (excluding diaryl/α,β-unsaturated/α-hetero) is 1. The first kappa shape index (κ1) is 28.6. The minimum Gasteiger partial charge on any atom is -0.463 e. The number of methoxy groups -OCH3 is 1. The van der Waals surface area contributed by atoms with Crippen molar-refractivity contribution in [1.82, 2.24) is 15.5 Å². The highest BCUT2D eigenvalue weighted by Gasteiger charge is 2.69. The van der Waals surface area contributed by atoms with E-state index in [0.717, 1.165) is 7.11 Å². The predicted molar refractivity (Wildman–Crippen MR) is 128 cm³/mol. The van der Waals surface area contributed by atoms with Crippen molar-refractivity contribution >= 4 is 29.7 Å². The van der Waals surface area contributed by atoms with Gasteiger partial charge in [-0.15, -0.1) is 0 Å². The number of carbonyl (C=O) groups is 5. The lowest BCUT2D eigenvalue weighted by Gasteiger charge is -2.38. The van der Waals surface area contributed by atoms with Crippen LogP contribution >= 0.6 is 0 Å². The molecule has 198 valence electrons. The molecule has 0 bridgehead atoms. The number of hydrogen-bond acceptors (Lipinski definition) is 7. The zero-order valence-electron chi connectivity index (χ0n) is 22.6. The summed E-state index contributed by atoms with van der Waals surface area (Å²) in [7, 11) is 1.10. The molecule has 2 fully saturated rings. The van der Waals surface area contributed by atoms with Gasteiger partial charge in [0.05, 0.1) is 13.2 Å². The van der Waals surface area contributed by atoms with Crippen LogP contribution in [0.4, 0.5) is 4.79 Å². The van der Waals surface area contributed by atoms with Crippen LogP contribution < -0.4 is 10.6 Å². The molecule has 5 unspecified atom stereocenters. The van der Waals surface area contributed by atoms with Crippen LogP contribution in [0.3, 0.4) is 0 Å². The van der Waals surface area contributed by atoms with Crippen LogP contribution in [-0.4, -0.2) is 71.9 Å². The molecular formula is C25H41N3O7. The number of esters is 1. The van der Waals surface area contributed by atoms with Gasteiger partial charge in [-0.2, -0.15) is 0 Å². The number of rotatable bonds is 7. The second-order valence-corrected chi connectivity index (χ2v) is 12.2. The number of nitrogens with zero attached hydrogens (tertiary/aromatic N) is 1. The fraction of sp³-hybridized carbons (Fsp3) is 0.800. The maximum Gasteiger partial charge on any atom is 0.408 e. The molecule has 0 aromatic rings. The molecule has 1 aliphatic heterocycles. The van der Waals surface area contributed by atoms with Crippen molar-refractivity contribution in [3.63, 3.8) is 0 Å². The quantitative estimate of drug-likeness (QED) is 0.408. The van der Waals surface area contributed by atoms with E-state index in [1.807, 2.05) is 34.6 Å². The number of hydrogen-bond donors (Lipinski definition) is 2. The Morgan fingerprint density at radius 1 is 1.03 bits per heavy atom. The molecule has 1 saturated heterocycles. The summed E-state index contributed by atoms with van der Waals surface area (Å²) in [5.74, 6) is -2.75. The van der Waals surface area contributed by atoms with Gasteiger partial charge in [0.25, 0.3) is 5.78 Å². The molecule has 1 aliphatic carbocycles. The molecule has 3 amide bonds. The molecule has 1 saturated carbocycles. The lowest BCUT2D eigenvalue weighted by atomic mass is 9.85. The van der Waals surface area contributed by atoms with Crippen molar-refractivity contribution in [1.29, 1.82) is 0 Å². The molecular weight excluding hydrogens is 454 g/mol. The lowest BCUT2D eigenvalue weighted by Crippen LogP contribution is -2.60. The number of fused-ring (bicyclic) bond motifs is 1. The van der Waals surface area contributed by atoms with Crippen molar-refractivity contribution in [2.75, 3.05) is 13.7 Å². The third-order valence-corrected chi connectivity index (χ3v) is 6.96. The zero-order valence-corrected chi connectivity index (χ0v) is 22.6. The monoisotopic (exact) mass is 495 g/mol. The fourth-order valence-electron chi connectivity index (χ4n) is 4.91. The maximum absolute atomic E-state index is 13.8. The van der Waals surface area contributed by atoms with Gasteiger partial charge in [0, 0.05) is 6.54 Å². The van der Waals surface area contributed by atoms with E-state index in [1.54, 1.807) is 27.7 Å². The molecule has 0 aromatic carbocycles. The Kier molecular flexibility index (Phi) is 7.98. The van der Waals surface area contributed by atoms with E-state index in [0.29, 0.717) is 6.54 Å². The van der Waals surface area contributed by atoms with E-state index in [2.05, 4.69) is 15.4 Å². The summed E-state index contributed by atoms with van der Waals surface area (Å²) in [6.45, 7) is 16.8. The van der Waals surface area contributed by atoms with Crippen LogP contribution in [0.2, 0.25) is 0 Å². The van der Waals surface area contributed by atoms with Crippen molar-refractivity contribution in [2.45, 2.75) is 92.5 Å². The van der Waals surface area contributed by atoms with Crippen LogP contribution in [0, 0.1) is 22.7 Å². The van der Waals surface area contributed by atoms with Gasteiger partial charge in [-0.1, -0.05) is 41.5 Å². The first-order chi connectivity index (χ1) is 15.9. The Balaban J connectivity index is 2.30. The van der Waals surface area contributed by atoms with Crippen LogP contribution in [0.1, 0.15) is 68.7 Å². The average Bonchev–Trinajstić information content (AvgIpc) is 3.07. The molecule has 1 heterocycles. The fourth-order valence-corrected chi connectivity index (χ4v) is 4.91. The number of piperidine rings is 1. The molecule has 0 aromatic heterocycles. The molecule has 35 heavy (non-hydrogen) atoms. The predicted octanol–water partition coefficient (Wildman–Crippen LogP) is 2.05. The Labute approximate surface area is 207 Å². The molecule has 2 aliphatic rings. The van der Waals surface area contributed by atoms with E-state index in [9.17, 15) is 24.0 Å². The Hall–Kier alpha value is -2.65. The van der Waals surface area contributed by atoms with Gasteiger partial charge >= 0.3 is 12.1 Å². The van der Waals surface area contributed by atoms with Crippen molar-refractivity contribution in [2.24, 2.45) is 22.7 Å². The Bertz CT molecular complexity index is 884. The minimum atomic E-state index is -1.05. The van der Waals surface area contributed by atoms with Gasteiger partial charge in [-0.3, -0.25) is 14.4 Å². The summed E-state index contributed by atoms with van der Waals surface area (Å²) < 4.78 is 9.87. The number of ether oxygens (including phenoxy) is 2. The third-order valence-electron chi connectivity index (χ3n) is 6.96. The van der Waals surface area contributed by atoms with Crippen molar-refractivity contribution < 1.29 is 33.4 Å². The average molecular weight is 496 g/mol. The molecule has 0 spiro atoms. The van der Waals surface area contributed by atoms with Gasteiger partial charge in [0.2, 0.25) is 11.8 Å². The Morgan fingerprint density at radius 2 is 1.60 bits per heavy atom. The molecule has 0 radical (unpaired) electrons. The standard InChI is InChI=1S/C25H41N3O7/c1-11-14(17(29)21(32)34-10)26-19(30)16-15-13(25(15,8)9)12-28(16)20(31)18(23(2,3)4)27-22(33)35-24(5,6)7/h13-16,18H,11-12H2,1-10H3,(H,26,30)(H,27,33). The van der Waals surface area contributed by atoms with Crippen LogP contribution in [-0.2, 0) is 28.7 Å². The van der Waals surface area contributed by atoms with Gasteiger partial charge in [0.1, 0.15) is 17.7 Å². The second-order valence-electron chi connectivity index (χ2n) is 12.2. The third kappa shape index (κ3) is 6.13. The highest BCUT2D eigenvalue weighted by molar-refractivity contribution is 6.36. The Morgan fingerprint density at radius 3 is 2.06 bits per heavy atom. The molecule has 2 rings (SSSR count). The summed E-state index contributed by atoms with van der Waals surface area (Å²) in [6.07, 6.45) is -0.519. The van der Waals surface area contributed by atoms with Gasteiger partial charge in [0.15, 0.2) is 0 Å². The zero-order chi connectivity index (χ0) is 27.1. The number of alkyl carbamates (subject to hydrolysis) is 1. The van der Waals surface area contributed by atoms with Crippen molar-refractivity contribution in [3.8, 4) is 0 Å². The molecule has 10 heteroatoms. The maximum atomic E-state index is 13.8. The van der Waals surface area contributed by atoms with Crippen LogP contribution in [0.25, 0.3) is 0 Å². The highest BCUT2D eigenvalue weighted by atomic mass is 16.6. The van der Waals surface area contributed by atoms with Crippen LogP contribution in [0.15, 0.2) is 0 Å². The van der Waals surface area contributed by atoms with Gasteiger partial charge in [-0.05, 0) is 49.9 Å². The van der Waals surface area contributed by atoms with Crippen molar-refractivity contribution in [3.05, 3.63) is 0 Å². The summed E-state index contributed by atoms with van der Waals surface area (Å²) in [4.78, 5) is 65.3. The van der Waals surface area contributed by atoms with Gasteiger partial charge < -0.3 is 25.0 Å². The second kappa shape index (κ2) is 9.78. The summed E-state index contributed by atoms with van der Waals surface area (Å²) >= 11 is 0. The van der Waals surface area contributed by atoms with Gasteiger partial charge in [-0.25, -0.2) is 9.59 Å². The summed E-state index contributed by atoms with van der Waals surface area (Å²) in [6, 6.07) is -2.81. The summed E-state index contributed by atoms with van der Waals surface area (Å²) in [5, 5.41) is 5.35. The molecule has 10 nitrogen and oxygen atoms in total. The molecule has 2 N–H and O–H groups in total. The lowest BCUT2D eigenvalue weighted by molar-refractivity contribution is -0.153. The normalized spacial score (nSPS) is 24.5. The molecule has 5 atom stereocenters. The number of nitrogens with one attached hydrogen (secondary N) is 2. The number of carbonyl (C=O) groups excluding carboxylic acids is 5. The van der Waals surface area contributed by atoms with E-state index in [1.165, 1.54) is 4.90 Å². The topological polar surface area (TPSA) is 131 Å². The van der Waals surface area contributed by atoms with E-state index in [4.69, 9.17) is 4.74 Å². The highest BCUT2D eigenvalue weighted by Crippen LogP contribution is 2.65. The summed E-state index contributed by atoms with van der Waals surface area (Å²) in [5.41, 5.74) is -1.55. The smallest absolute Gasteiger partial charge is 0.408 e. The van der Waals surface area contributed by atoms with E-state index in [-0.39, 0.29) is 29.6 Å². The number of likely N-dealkylation sites (tertiary alicyclic amines) is 1. The first-order valence-electron chi connectivity index (χ1n) is 12.1. The minimum absolute atomic E-state index is 0.0978. The number of ketones is 1. The van der Waals surface area contributed by atoms with Crippen LogP contribution in [0.5, 0.6) is 0 Å². The SMILES string of the molecule is CCC(NC(=O)C1C2C(CN1C(=O)C(NC(=O)OC(C)(C)C)C(C)(C)C)C2(C)C)C(=O)C(=O)OC. The largest absolute Gasteiger partial charge is 0.463 e. The first-order valence-corrected chi connectivity index (χ1v) is 12.1. The number of amides is 3. The van der Waals surface area contributed by atoms with E-state index >= 15 is 0 Å². The van der Waals surface area contributed by atoms with E-state index < -0.39 is 52.9 Å².